The summed E-state index contributed by atoms with van der Waals surface area (Å²) in [5.41, 5.74) is 0. The predicted molar refractivity (Wildman–Crippen MR) is 79.6 cm³/mol. The van der Waals surface area contributed by atoms with Crippen LogP contribution in [0.25, 0.3) is 0 Å². The SMILES string of the molecule is CCC1CCC(CNC(=O)NCCC(O)COC)CC1. The number of hydrogen-bond acceptors (Lipinski definition) is 3. The fourth-order valence-electron chi connectivity index (χ4n) is 2.77. The summed E-state index contributed by atoms with van der Waals surface area (Å²) in [7, 11) is 1.55. The van der Waals surface area contributed by atoms with Gasteiger partial charge in [0, 0.05) is 20.2 Å². The first kappa shape index (κ1) is 17.2. The molecule has 1 fully saturated rings. The molecule has 0 bridgehead atoms. The third kappa shape index (κ3) is 7.10. The Bertz CT molecular complexity index is 266. The molecule has 1 saturated carbocycles. The molecule has 20 heavy (non-hydrogen) atoms. The number of nitrogens with one attached hydrogen (secondary N) is 2. The molecule has 1 aliphatic carbocycles. The summed E-state index contributed by atoms with van der Waals surface area (Å²) in [5.74, 6) is 1.52. The third-order valence-corrected chi connectivity index (χ3v) is 4.22. The zero-order valence-corrected chi connectivity index (χ0v) is 12.9. The molecule has 118 valence electrons. The van der Waals surface area contributed by atoms with Gasteiger partial charge >= 0.3 is 6.03 Å². The van der Waals surface area contributed by atoms with Gasteiger partial charge in [0.15, 0.2) is 0 Å². The fourth-order valence-corrected chi connectivity index (χ4v) is 2.77. The van der Waals surface area contributed by atoms with Crippen molar-refractivity contribution < 1.29 is 14.6 Å². The Morgan fingerprint density at radius 3 is 2.50 bits per heavy atom. The lowest BCUT2D eigenvalue weighted by atomic mass is 9.81. The lowest BCUT2D eigenvalue weighted by Gasteiger charge is -2.27. The summed E-state index contributed by atoms with van der Waals surface area (Å²) in [5, 5.41) is 15.1. The van der Waals surface area contributed by atoms with E-state index in [1.54, 1.807) is 7.11 Å². The van der Waals surface area contributed by atoms with Gasteiger partial charge in [-0.1, -0.05) is 26.2 Å². The molecular weight excluding hydrogens is 256 g/mol. The van der Waals surface area contributed by atoms with Crippen LogP contribution < -0.4 is 10.6 Å². The smallest absolute Gasteiger partial charge is 0.314 e. The number of carbonyl (C=O) groups excluding carboxylic acids is 1. The molecule has 0 radical (unpaired) electrons. The molecule has 0 aromatic heterocycles. The Hall–Kier alpha value is -0.810. The second-order valence-corrected chi connectivity index (χ2v) is 5.83. The first-order valence-electron chi connectivity index (χ1n) is 7.84. The van der Waals surface area contributed by atoms with E-state index in [2.05, 4.69) is 17.6 Å². The van der Waals surface area contributed by atoms with Crippen molar-refractivity contribution in [1.29, 1.82) is 0 Å². The molecule has 0 saturated heterocycles. The quantitative estimate of drug-likeness (QED) is 0.638. The highest BCUT2D eigenvalue weighted by molar-refractivity contribution is 5.73. The zero-order chi connectivity index (χ0) is 14.8. The van der Waals surface area contributed by atoms with Crippen LogP contribution in [-0.2, 0) is 4.74 Å². The van der Waals surface area contributed by atoms with Gasteiger partial charge < -0.3 is 20.5 Å². The minimum Gasteiger partial charge on any atom is -0.391 e. The summed E-state index contributed by atoms with van der Waals surface area (Å²) in [6.45, 7) is 3.81. The Morgan fingerprint density at radius 2 is 1.90 bits per heavy atom. The van der Waals surface area contributed by atoms with Gasteiger partial charge in [-0.15, -0.1) is 0 Å². The molecule has 0 aromatic rings. The summed E-state index contributed by atoms with van der Waals surface area (Å²) in [6, 6.07) is -0.132. The number of aliphatic hydroxyl groups is 1. The lowest BCUT2D eigenvalue weighted by Crippen LogP contribution is -2.40. The number of hydrogen-bond donors (Lipinski definition) is 3. The molecule has 0 aliphatic heterocycles. The average Bonchev–Trinajstić information content (AvgIpc) is 2.46. The number of methoxy groups -OCH3 is 1. The molecule has 5 heteroatoms. The summed E-state index contributed by atoms with van der Waals surface area (Å²) < 4.78 is 4.83. The van der Waals surface area contributed by atoms with Crippen molar-refractivity contribution in [2.75, 3.05) is 26.8 Å². The predicted octanol–water partition coefficient (Wildman–Crippen LogP) is 1.90. The van der Waals surface area contributed by atoms with E-state index in [0.717, 1.165) is 12.5 Å². The summed E-state index contributed by atoms with van der Waals surface area (Å²) in [4.78, 5) is 11.6. The van der Waals surface area contributed by atoms with Crippen LogP contribution in [0, 0.1) is 11.8 Å². The van der Waals surface area contributed by atoms with Crippen LogP contribution in [0.4, 0.5) is 4.79 Å². The van der Waals surface area contributed by atoms with Crippen LogP contribution in [0.5, 0.6) is 0 Å². The monoisotopic (exact) mass is 286 g/mol. The van der Waals surface area contributed by atoms with Crippen molar-refractivity contribution in [2.24, 2.45) is 11.8 Å². The van der Waals surface area contributed by atoms with Crippen molar-refractivity contribution in [3.63, 3.8) is 0 Å². The van der Waals surface area contributed by atoms with E-state index >= 15 is 0 Å². The first-order chi connectivity index (χ1) is 9.65. The van der Waals surface area contributed by atoms with Crippen molar-refractivity contribution >= 4 is 6.03 Å². The van der Waals surface area contributed by atoms with Crippen molar-refractivity contribution in [3.8, 4) is 0 Å². The van der Waals surface area contributed by atoms with Gasteiger partial charge in [-0.25, -0.2) is 4.79 Å². The number of rotatable bonds is 8. The van der Waals surface area contributed by atoms with Crippen LogP contribution in [-0.4, -0.2) is 44.0 Å². The molecule has 5 nitrogen and oxygen atoms in total. The van der Waals surface area contributed by atoms with Gasteiger partial charge in [-0.05, 0) is 31.1 Å². The topological polar surface area (TPSA) is 70.6 Å². The second-order valence-electron chi connectivity index (χ2n) is 5.83. The normalized spacial score (nSPS) is 24.1. The Labute approximate surface area is 122 Å². The van der Waals surface area contributed by atoms with E-state index in [4.69, 9.17) is 4.74 Å². The number of urea groups is 1. The fraction of sp³-hybridized carbons (Fsp3) is 0.933. The zero-order valence-electron chi connectivity index (χ0n) is 12.9. The third-order valence-electron chi connectivity index (χ3n) is 4.22. The van der Waals surface area contributed by atoms with E-state index in [-0.39, 0.29) is 6.03 Å². The summed E-state index contributed by atoms with van der Waals surface area (Å²) in [6.07, 6.45) is 6.34. The Kier molecular flexibility index (Phi) is 8.62. The maximum atomic E-state index is 11.6. The van der Waals surface area contributed by atoms with Crippen molar-refractivity contribution in [1.82, 2.24) is 10.6 Å². The van der Waals surface area contributed by atoms with E-state index < -0.39 is 6.10 Å². The van der Waals surface area contributed by atoms with Gasteiger partial charge in [0.25, 0.3) is 0 Å². The molecule has 1 atom stereocenters. The molecule has 1 unspecified atom stereocenters. The van der Waals surface area contributed by atoms with Crippen LogP contribution in [0.1, 0.15) is 45.4 Å². The Balaban J connectivity index is 2.03. The number of amides is 2. The van der Waals surface area contributed by atoms with Gasteiger partial charge in [0.2, 0.25) is 0 Å². The standard InChI is InChI=1S/C15H30N2O3/c1-3-12-4-6-13(7-5-12)10-17-15(19)16-9-8-14(18)11-20-2/h12-14,18H,3-11H2,1-2H3,(H2,16,17,19). The minimum atomic E-state index is -0.510. The van der Waals surface area contributed by atoms with E-state index in [9.17, 15) is 9.90 Å². The molecule has 0 aromatic carbocycles. The second kappa shape index (κ2) is 10.00. The maximum Gasteiger partial charge on any atom is 0.314 e. The van der Waals surface area contributed by atoms with Gasteiger partial charge in [-0.3, -0.25) is 0 Å². The highest BCUT2D eigenvalue weighted by Crippen LogP contribution is 2.29. The van der Waals surface area contributed by atoms with Gasteiger partial charge in [0.1, 0.15) is 0 Å². The molecule has 0 spiro atoms. The van der Waals surface area contributed by atoms with E-state index in [1.807, 2.05) is 0 Å². The molecule has 1 rings (SSSR count). The molecule has 0 heterocycles. The highest BCUT2D eigenvalue weighted by atomic mass is 16.5. The highest BCUT2D eigenvalue weighted by Gasteiger charge is 2.20. The van der Waals surface area contributed by atoms with Crippen LogP contribution in [0.15, 0.2) is 0 Å². The molecule has 2 amide bonds. The van der Waals surface area contributed by atoms with Gasteiger partial charge in [0.05, 0.1) is 12.7 Å². The number of aliphatic hydroxyl groups excluding tert-OH is 1. The van der Waals surface area contributed by atoms with E-state index in [0.29, 0.717) is 25.5 Å². The van der Waals surface area contributed by atoms with Gasteiger partial charge in [-0.2, -0.15) is 0 Å². The van der Waals surface area contributed by atoms with Crippen LogP contribution in [0.2, 0.25) is 0 Å². The Morgan fingerprint density at radius 1 is 1.25 bits per heavy atom. The van der Waals surface area contributed by atoms with Crippen molar-refractivity contribution in [2.45, 2.75) is 51.6 Å². The van der Waals surface area contributed by atoms with Crippen LogP contribution in [0.3, 0.4) is 0 Å². The number of ether oxygens (including phenoxy) is 1. The lowest BCUT2D eigenvalue weighted by molar-refractivity contribution is 0.0598. The number of carbonyl (C=O) groups is 1. The minimum absolute atomic E-state index is 0.132. The molecular formula is C15H30N2O3. The molecule has 1 aliphatic rings. The van der Waals surface area contributed by atoms with Crippen LogP contribution >= 0.6 is 0 Å². The largest absolute Gasteiger partial charge is 0.391 e. The maximum absolute atomic E-state index is 11.6. The van der Waals surface area contributed by atoms with E-state index in [1.165, 1.54) is 32.1 Å². The molecule has 3 N–H and O–H groups in total. The first-order valence-corrected chi connectivity index (χ1v) is 7.84. The summed E-state index contributed by atoms with van der Waals surface area (Å²) >= 11 is 0. The average molecular weight is 286 g/mol. The van der Waals surface area contributed by atoms with Crippen molar-refractivity contribution in [3.05, 3.63) is 0 Å².